The van der Waals surface area contributed by atoms with Crippen LogP contribution in [0.15, 0.2) is 78.0 Å². The van der Waals surface area contributed by atoms with Gasteiger partial charge in [0.1, 0.15) is 0 Å². The minimum absolute atomic E-state index is 0.00756. The van der Waals surface area contributed by atoms with Crippen LogP contribution in [0.1, 0.15) is 22.6 Å². The summed E-state index contributed by atoms with van der Waals surface area (Å²) in [6, 6.07) is 18.6. The van der Waals surface area contributed by atoms with Gasteiger partial charge in [-0.05, 0) is 47.9 Å². The third kappa shape index (κ3) is 3.33. The number of anilines is 1. The van der Waals surface area contributed by atoms with Gasteiger partial charge in [-0.15, -0.1) is 0 Å². The van der Waals surface area contributed by atoms with Crippen LogP contribution < -0.4 is 4.31 Å². The summed E-state index contributed by atoms with van der Waals surface area (Å²) in [5.74, 6) is 0.0989. The molecule has 3 atom stereocenters. The Bertz CT molecular complexity index is 1200. The van der Waals surface area contributed by atoms with Gasteiger partial charge in [0.25, 0.3) is 10.0 Å². The highest BCUT2D eigenvalue weighted by molar-refractivity contribution is 7.92. The zero-order valence-electron chi connectivity index (χ0n) is 17.3. The molecule has 3 aromatic rings. The molecule has 2 aromatic carbocycles. The molecule has 1 saturated heterocycles. The molecule has 5 rings (SSSR count). The number of pyridine rings is 1. The van der Waals surface area contributed by atoms with E-state index in [1.165, 1.54) is 0 Å². The fourth-order valence-corrected chi connectivity index (χ4v) is 6.61. The summed E-state index contributed by atoms with van der Waals surface area (Å²) in [4.78, 5) is 6.70. The van der Waals surface area contributed by atoms with E-state index in [9.17, 15) is 13.5 Å². The Morgan fingerprint density at radius 2 is 1.94 bits per heavy atom. The fourth-order valence-electron chi connectivity index (χ4n) is 5.00. The molecular formula is C24H25N3O3S. The van der Waals surface area contributed by atoms with Crippen LogP contribution in [-0.4, -0.2) is 48.6 Å². The van der Waals surface area contributed by atoms with E-state index >= 15 is 0 Å². The molecule has 0 radical (unpaired) electrons. The molecule has 0 unspecified atom stereocenters. The largest absolute Gasteiger partial charge is 0.395 e. The molecule has 160 valence electrons. The van der Waals surface area contributed by atoms with Gasteiger partial charge in [-0.2, -0.15) is 0 Å². The van der Waals surface area contributed by atoms with Crippen LogP contribution in [-0.2, 0) is 16.6 Å². The Morgan fingerprint density at radius 1 is 1.10 bits per heavy atom. The van der Waals surface area contributed by atoms with Crippen molar-refractivity contribution in [3.8, 4) is 0 Å². The predicted molar refractivity (Wildman–Crippen MR) is 119 cm³/mol. The molecule has 6 nitrogen and oxygen atoms in total. The SMILES string of the molecule is Cc1cccc(S(=O)(=O)N2C[C@H]3[C@@H](c4ccccc42)[C@@H](CO)N3Cc2cccnc2)c1. The lowest BCUT2D eigenvalue weighted by Crippen LogP contribution is -2.68. The number of sulfonamides is 1. The molecule has 2 aliphatic rings. The monoisotopic (exact) mass is 435 g/mol. The number of fused-ring (bicyclic) bond motifs is 3. The van der Waals surface area contributed by atoms with E-state index in [1.54, 1.807) is 28.7 Å². The first-order chi connectivity index (χ1) is 15.0. The fraction of sp³-hybridized carbons (Fsp3) is 0.292. The molecule has 7 heteroatoms. The molecule has 0 amide bonds. The van der Waals surface area contributed by atoms with Crippen molar-refractivity contribution < 1.29 is 13.5 Å². The number of benzene rings is 2. The van der Waals surface area contributed by atoms with Gasteiger partial charge in [-0.3, -0.25) is 14.2 Å². The van der Waals surface area contributed by atoms with Crippen LogP contribution in [0, 0.1) is 6.92 Å². The lowest BCUT2D eigenvalue weighted by Gasteiger charge is -2.59. The zero-order chi connectivity index (χ0) is 21.6. The predicted octanol–water partition coefficient (Wildman–Crippen LogP) is 2.93. The molecule has 3 heterocycles. The number of aryl methyl sites for hydroxylation is 1. The topological polar surface area (TPSA) is 73.7 Å². The molecule has 0 saturated carbocycles. The molecule has 1 fully saturated rings. The Kier molecular flexibility index (Phi) is 5.04. The summed E-state index contributed by atoms with van der Waals surface area (Å²) in [5.41, 5.74) is 3.65. The van der Waals surface area contributed by atoms with E-state index in [4.69, 9.17) is 0 Å². The first-order valence-corrected chi connectivity index (χ1v) is 11.9. The van der Waals surface area contributed by atoms with E-state index in [1.807, 2.05) is 55.6 Å². The Labute approximate surface area is 182 Å². The molecule has 0 bridgehead atoms. The first kappa shape index (κ1) is 20.2. The second-order valence-electron chi connectivity index (χ2n) is 8.29. The van der Waals surface area contributed by atoms with Crippen molar-refractivity contribution >= 4 is 15.7 Å². The number of rotatable bonds is 5. The molecule has 0 aliphatic carbocycles. The van der Waals surface area contributed by atoms with E-state index in [-0.39, 0.29) is 24.6 Å². The van der Waals surface area contributed by atoms with Crippen LogP contribution in [0.3, 0.4) is 0 Å². The van der Waals surface area contributed by atoms with Gasteiger partial charge in [0.15, 0.2) is 0 Å². The molecule has 31 heavy (non-hydrogen) atoms. The zero-order valence-corrected chi connectivity index (χ0v) is 18.1. The van der Waals surface area contributed by atoms with Gasteiger partial charge >= 0.3 is 0 Å². The second-order valence-corrected chi connectivity index (χ2v) is 10.2. The van der Waals surface area contributed by atoms with Crippen LogP contribution in [0.25, 0.3) is 0 Å². The molecule has 1 aromatic heterocycles. The van der Waals surface area contributed by atoms with Crippen molar-refractivity contribution in [1.29, 1.82) is 0 Å². The van der Waals surface area contributed by atoms with E-state index in [0.29, 0.717) is 23.7 Å². The molecule has 2 aliphatic heterocycles. The van der Waals surface area contributed by atoms with Crippen LogP contribution >= 0.6 is 0 Å². The number of nitrogens with zero attached hydrogens (tertiary/aromatic N) is 3. The van der Waals surface area contributed by atoms with Crippen molar-refractivity contribution in [1.82, 2.24) is 9.88 Å². The third-order valence-electron chi connectivity index (χ3n) is 6.45. The number of para-hydroxylation sites is 1. The lowest BCUT2D eigenvalue weighted by atomic mass is 9.72. The molecular weight excluding hydrogens is 410 g/mol. The van der Waals surface area contributed by atoms with Gasteiger partial charge in [0.05, 0.1) is 23.7 Å². The highest BCUT2D eigenvalue weighted by Gasteiger charge is 2.53. The number of likely N-dealkylation sites (tertiary alicyclic amines) is 1. The maximum Gasteiger partial charge on any atom is 0.264 e. The van der Waals surface area contributed by atoms with Gasteiger partial charge in [0.2, 0.25) is 0 Å². The van der Waals surface area contributed by atoms with Gasteiger partial charge in [0, 0.05) is 36.9 Å². The van der Waals surface area contributed by atoms with E-state index in [0.717, 1.165) is 16.7 Å². The average Bonchev–Trinajstić information content (AvgIpc) is 2.78. The Morgan fingerprint density at radius 3 is 2.68 bits per heavy atom. The Hall–Kier alpha value is -2.74. The van der Waals surface area contributed by atoms with E-state index < -0.39 is 10.0 Å². The maximum atomic E-state index is 13.6. The van der Waals surface area contributed by atoms with Crippen LogP contribution in [0.5, 0.6) is 0 Å². The van der Waals surface area contributed by atoms with Gasteiger partial charge < -0.3 is 5.11 Å². The van der Waals surface area contributed by atoms with E-state index in [2.05, 4.69) is 9.88 Å². The van der Waals surface area contributed by atoms with Gasteiger partial charge in [-0.25, -0.2) is 8.42 Å². The van der Waals surface area contributed by atoms with Crippen molar-refractivity contribution in [3.63, 3.8) is 0 Å². The van der Waals surface area contributed by atoms with Crippen molar-refractivity contribution in [2.75, 3.05) is 17.5 Å². The summed E-state index contributed by atoms with van der Waals surface area (Å²) in [6.07, 6.45) is 3.55. The summed E-state index contributed by atoms with van der Waals surface area (Å²) in [7, 11) is -3.71. The quantitative estimate of drug-likeness (QED) is 0.667. The minimum Gasteiger partial charge on any atom is -0.395 e. The van der Waals surface area contributed by atoms with Crippen molar-refractivity contribution in [3.05, 3.63) is 89.7 Å². The smallest absolute Gasteiger partial charge is 0.264 e. The van der Waals surface area contributed by atoms with Crippen LogP contribution in [0.4, 0.5) is 5.69 Å². The van der Waals surface area contributed by atoms with Gasteiger partial charge in [-0.1, -0.05) is 36.4 Å². The number of hydrogen-bond donors (Lipinski definition) is 1. The highest BCUT2D eigenvalue weighted by Crippen LogP contribution is 2.49. The minimum atomic E-state index is -3.71. The number of hydrogen-bond acceptors (Lipinski definition) is 5. The Balaban J connectivity index is 1.55. The summed E-state index contributed by atoms with van der Waals surface area (Å²) in [6.45, 7) is 2.91. The standard InChI is InChI=1S/C24H25N3O3S/c1-17-6-4-8-19(12-17)31(29,30)27-15-22-24(20-9-2-3-10-21(20)27)23(16-28)26(22)14-18-7-5-11-25-13-18/h2-13,22-24,28H,14-16H2,1H3/t22-,23+,24+/m0/s1. The maximum absolute atomic E-state index is 13.6. The highest BCUT2D eigenvalue weighted by atomic mass is 32.2. The average molecular weight is 436 g/mol. The first-order valence-electron chi connectivity index (χ1n) is 10.4. The van der Waals surface area contributed by atoms with Crippen LogP contribution in [0.2, 0.25) is 0 Å². The normalized spacial score (nSPS) is 23.0. The van der Waals surface area contributed by atoms with Crippen molar-refractivity contribution in [2.45, 2.75) is 36.4 Å². The lowest BCUT2D eigenvalue weighted by molar-refractivity contribution is -0.0478. The number of aliphatic hydroxyl groups is 1. The summed E-state index contributed by atoms with van der Waals surface area (Å²) in [5, 5.41) is 10.1. The number of aromatic nitrogens is 1. The van der Waals surface area contributed by atoms with Crippen molar-refractivity contribution in [2.24, 2.45) is 0 Å². The molecule has 0 spiro atoms. The third-order valence-corrected chi connectivity index (χ3v) is 8.23. The summed E-state index contributed by atoms with van der Waals surface area (Å²) < 4.78 is 28.8. The summed E-state index contributed by atoms with van der Waals surface area (Å²) >= 11 is 0. The number of aliphatic hydroxyl groups excluding tert-OH is 1. The molecule has 1 N–H and O–H groups in total. The second kappa shape index (κ2) is 7.75.